The van der Waals surface area contributed by atoms with Crippen LogP contribution >= 0.6 is 0 Å². The third kappa shape index (κ3) is 9.65. The van der Waals surface area contributed by atoms with Crippen LogP contribution in [0.3, 0.4) is 0 Å². The molecule has 2 N–H and O–H groups in total. The molecule has 48 heavy (non-hydrogen) atoms. The number of aliphatic hydroxyl groups excluding tert-OH is 1. The van der Waals surface area contributed by atoms with E-state index < -0.39 is 6.10 Å². The number of hydrogen-bond acceptors (Lipinski definition) is 9. The quantitative estimate of drug-likeness (QED) is 0.131. The molecule has 0 saturated carbocycles. The van der Waals surface area contributed by atoms with Crippen LogP contribution in [0.1, 0.15) is 29.0 Å². The number of benzene rings is 4. The number of ether oxygens (including phenoxy) is 7. The normalized spacial score (nSPS) is 18.5. The minimum absolute atomic E-state index is 0.0920. The predicted octanol–water partition coefficient (Wildman–Crippen LogP) is 5.65. The summed E-state index contributed by atoms with van der Waals surface area (Å²) >= 11 is 0. The van der Waals surface area contributed by atoms with Crippen molar-refractivity contribution in [2.45, 2.75) is 43.9 Å². The van der Waals surface area contributed by atoms with Gasteiger partial charge in [0.1, 0.15) is 29.2 Å². The molecule has 0 amide bonds. The summed E-state index contributed by atoms with van der Waals surface area (Å²) in [7, 11) is 4.79. The average Bonchev–Trinajstić information content (AvgIpc) is 3.11. The molecule has 1 heterocycles. The molecular weight excluding hydrogens is 617 g/mol. The van der Waals surface area contributed by atoms with Gasteiger partial charge in [0, 0.05) is 43.5 Å². The van der Waals surface area contributed by atoms with Crippen LogP contribution in [0.5, 0.6) is 17.2 Å². The van der Waals surface area contributed by atoms with Crippen molar-refractivity contribution >= 4 is 10.8 Å². The molecule has 1 saturated heterocycles. The van der Waals surface area contributed by atoms with Gasteiger partial charge in [-0.05, 0) is 59.0 Å². The molecule has 258 valence electrons. The van der Waals surface area contributed by atoms with E-state index in [1.165, 1.54) is 12.1 Å². The van der Waals surface area contributed by atoms with Crippen molar-refractivity contribution in [3.63, 3.8) is 0 Å². The SMILES string of the molecule is COC[C@@H](O)CO[C@H]1CNC[C@H](OCc2cc(OC)c3ccccc3c2)[C@H]1c1ccc(OCCCOCc2cc(F)ccc2OC)cc1. The van der Waals surface area contributed by atoms with Gasteiger partial charge < -0.3 is 43.6 Å². The fourth-order valence-corrected chi connectivity index (χ4v) is 6.06. The Morgan fingerprint density at radius 2 is 1.58 bits per heavy atom. The molecular formula is C38H46FNO8. The molecule has 0 bridgehead atoms. The standard InChI is InChI=1S/C38H46FNO8/c1-42-24-31(41)25-48-37-21-40-20-36(47-22-26-17-28-7-4-5-8-33(28)35(18-26)44-3)38(37)27-9-12-32(13-10-27)46-16-6-15-45-23-29-19-30(39)11-14-34(29)43-2/h4-5,7-14,17-19,31,36-38,40-41H,6,15-16,20-25H2,1-3H3/t31-,36+,37+,38-/m1/s1. The second kappa shape index (κ2) is 18.1. The average molecular weight is 664 g/mol. The molecule has 1 fully saturated rings. The number of piperidine rings is 1. The van der Waals surface area contributed by atoms with Crippen LogP contribution in [0.4, 0.5) is 4.39 Å². The van der Waals surface area contributed by atoms with Crippen molar-refractivity contribution in [3.05, 3.63) is 101 Å². The second-order valence-electron chi connectivity index (χ2n) is 11.8. The van der Waals surface area contributed by atoms with Gasteiger partial charge in [0.25, 0.3) is 0 Å². The molecule has 1 aliphatic heterocycles. The van der Waals surface area contributed by atoms with Crippen molar-refractivity contribution in [1.29, 1.82) is 0 Å². The smallest absolute Gasteiger partial charge is 0.127 e. The molecule has 9 nitrogen and oxygen atoms in total. The van der Waals surface area contributed by atoms with Crippen molar-refractivity contribution in [3.8, 4) is 17.2 Å². The lowest BCUT2D eigenvalue weighted by atomic mass is 9.85. The number of aliphatic hydroxyl groups is 1. The fourth-order valence-electron chi connectivity index (χ4n) is 6.06. The Labute approximate surface area is 281 Å². The lowest BCUT2D eigenvalue weighted by Gasteiger charge is -2.39. The van der Waals surface area contributed by atoms with E-state index in [9.17, 15) is 9.50 Å². The highest BCUT2D eigenvalue weighted by Gasteiger charge is 2.36. The third-order valence-corrected chi connectivity index (χ3v) is 8.39. The van der Waals surface area contributed by atoms with Gasteiger partial charge in [0.05, 0.1) is 66.1 Å². The predicted molar refractivity (Wildman–Crippen MR) is 181 cm³/mol. The molecule has 4 aromatic rings. The molecule has 5 rings (SSSR count). The van der Waals surface area contributed by atoms with Crippen molar-refractivity contribution < 1.29 is 42.7 Å². The summed E-state index contributed by atoms with van der Waals surface area (Å²) in [6.07, 6.45) is -0.482. The summed E-state index contributed by atoms with van der Waals surface area (Å²) in [6.45, 7) is 3.21. The Morgan fingerprint density at radius 1 is 0.812 bits per heavy atom. The third-order valence-electron chi connectivity index (χ3n) is 8.39. The van der Waals surface area contributed by atoms with Crippen LogP contribution < -0.4 is 19.5 Å². The molecule has 0 spiro atoms. The Bertz CT molecular complexity index is 1570. The lowest BCUT2D eigenvalue weighted by Crippen LogP contribution is -2.51. The summed E-state index contributed by atoms with van der Waals surface area (Å²) in [5, 5.41) is 15.9. The van der Waals surface area contributed by atoms with Gasteiger partial charge in [-0.15, -0.1) is 0 Å². The highest BCUT2D eigenvalue weighted by atomic mass is 19.1. The van der Waals surface area contributed by atoms with E-state index >= 15 is 0 Å². The number of rotatable bonds is 18. The Kier molecular flexibility index (Phi) is 13.4. The number of halogens is 1. The van der Waals surface area contributed by atoms with E-state index in [4.69, 9.17) is 33.2 Å². The summed E-state index contributed by atoms with van der Waals surface area (Å²) in [6, 6.07) is 24.7. The van der Waals surface area contributed by atoms with Crippen molar-refractivity contribution in [2.24, 2.45) is 0 Å². The molecule has 0 aromatic heterocycles. The number of hydrogen-bond donors (Lipinski definition) is 2. The monoisotopic (exact) mass is 663 g/mol. The van der Waals surface area contributed by atoms with Crippen molar-refractivity contribution in [1.82, 2.24) is 5.32 Å². The Morgan fingerprint density at radius 3 is 2.35 bits per heavy atom. The van der Waals surface area contributed by atoms with Gasteiger partial charge in [-0.25, -0.2) is 4.39 Å². The maximum Gasteiger partial charge on any atom is 0.127 e. The van der Waals surface area contributed by atoms with Crippen LogP contribution in [0.25, 0.3) is 10.8 Å². The number of methoxy groups -OCH3 is 3. The van der Waals surface area contributed by atoms with Crippen LogP contribution in [-0.2, 0) is 32.2 Å². The van der Waals surface area contributed by atoms with E-state index in [2.05, 4.69) is 29.6 Å². The highest BCUT2D eigenvalue weighted by molar-refractivity contribution is 5.89. The van der Waals surface area contributed by atoms with Crippen LogP contribution in [-0.4, -0.2) is 84.3 Å². The zero-order chi connectivity index (χ0) is 33.7. The first-order chi connectivity index (χ1) is 23.5. The first-order valence-electron chi connectivity index (χ1n) is 16.3. The maximum absolute atomic E-state index is 13.6. The molecule has 4 atom stereocenters. The first kappa shape index (κ1) is 35.5. The molecule has 10 heteroatoms. The minimum atomic E-state index is -0.724. The van der Waals surface area contributed by atoms with Gasteiger partial charge in [0.2, 0.25) is 0 Å². The molecule has 0 radical (unpaired) electrons. The van der Waals surface area contributed by atoms with Gasteiger partial charge >= 0.3 is 0 Å². The summed E-state index contributed by atoms with van der Waals surface area (Å²) in [4.78, 5) is 0. The summed E-state index contributed by atoms with van der Waals surface area (Å²) in [5.74, 6) is 1.74. The summed E-state index contributed by atoms with van der Waals surface area (Å²) < 4.78 is 54.2. The number of fused-ring (bicyclic) bond motifs is 1. The molecule has 0 unspecified atom stereocenters. The van der Waals surface area contributed by atoms with Crippen LogP contribution in [0.15, 0.2) is 78.9 Å². The second-order valence-corrected chi connectivity index (χ2v) is 11.8. The Hall–Kier alpha value is -3.77. The van der Waals surface area contributed by atoms with Crippen LogP contribution in [0, 0.1) is 5.82 Å². The number of nitrogens with one attached hydrogen (secondary N) is 1. The van der Waals surface area contributed by atoms with Crippen LogP contribution in [0.2, 0.25) is 0 Å². The topological polar surface area (TPSA) is 96.9 Å². The van der Waals surface area contributed by atoms with E-state index in [-0.39, 0.29) is 43.8 Å². The largest absolute Gasteiger partial charge is 0.496 e. The molecule has 0 aliphatic carbocycles. The van der Waals surface area contributed by atoms with Gasteiger partial charge in [-0.3, -0.25) is 0 Å². The van der Waals surface area contributed by atoms with E-state index in [1.807, 2.05) is 36.4 Å². The van der Waals surface area contributed by atoms with Gasteiger partial charge in [-0.2, -0.15) is 0 Å². The highest BCUT2D eigenvalue weighted by Crippen LogP contribution is 2.33. The summed E-state index contributed by atoms with van der Waals surface area (Å²) in [5.41, 5.74) is 2.75. The van der Waals surface area contributed by atoms with Crippen molar-refractivity contribution in [2.75, 3.05) is 60.8 Å². The fraction of sp³-hybridized carbons (Fsp3) is 0.421. The lowest BCUT2D eigenvalue weighted by molar-refractivity contribution is -0.0856. The molecule has 1 aliphatic rings. The first-order valence-corrected chi connectivity index (χ1v) is 16.3. The zero-order valence-electron chi connectivity index (χ0n) is 27.9. The molecule has 4 aromatic carbocycles. The van der Waals surface area contributed by atoms with E-state index in [0.29, 0.717) is 50.6 Å². The minimum Gasteiger partial charge on any atom is -0.496 e. The van der Waals surface area contributed by atoms with E-state index in [1.54, 1.807) is 27.4 Å². The van der Waals surface area contributed by atoms with Gasteiger partial charge in [-0.1, -0.05) is 36.4 Å². The Balaban J connectivity index is 1.20. The maximum atomic E-state index is 13.6. The zero-order valence-corrected chi connectivity index (χ0v) is 27.9. The van der Waals surface area contributed by atoms with E-state index in [0.717, 1.165) is 33.4 Å². The van der Waals surface area contributed by atoms with Gasteiger partial charge in [0.15, 0.2) is 0 Å².